The van der Waals surface area contributed by atoms with E-state index in [-0.39, 0.29) is 0 Å². The van der Waals surface area contributed by atoms with Crippen LogP contribution in [0.4, 0.5) is 0 Å². The lowest BCUT2D eigenvalue weighted by atomic mass is 9.71. The Morgan fingerprint density at radius 1 is 0.846 bits per heavy atom. The molecule has 0 nitrogen and oxygen atoms in total. The highest BCUT2D eigenvalue weighted by molar-refractivity contribution is 5.42. The van der Waals surface area contributed by atoms with Crippen molar-refractivity contribution in [3.63, 3.8) is 0 Å². The van der Waals surface area contributed by atoms with E-state index < -0.39 is 0 Å². The van der Waals surface area contributed by atoms with Crippen molar-refractivity contribution in [3.05, 3.63) is 47.0 Å². The molecule has 0 bridgehead atoms. The Bertz CT molecular complexity index is 629. The molecule has 1 aromatic rings. The molecule has 0 N–H and O–H groups in total. The topological polar surface area (TPSA) is 0 Å². The number of rotatable bonds is 5. The van der Waals surface area contributed by atoms with Crippen molar-refractivity contribution in [2.45, 2.75) is 84.5 Å². The molecule has 0 heterocycles. The van der Waals surface area contributed by atoms with Gasteiger partial charge in [0, 0.05) is 5.56 Å². The van der Waals surface area contributed by atoms with Crippen LogP contribution >= 0.6 is 0 Å². The third kappa shape index (κ3) is 5.51. The van der Waals surface area contributed by atoms with E-state index in [2.05, 4.69) is 56.0 Å². The Balaban J connectivity index is 1.49. The van der Waals surface area contributed by atoms with Crippen LogP contribution < -0.4 is 0 Å². The molecule has 2 aliphatic rings. The molecule has 3 rings (SSSR count). The first kappa shape index (κ1) is 19.3. The highest BCUT2D eigenvalue weighted by Crippen LogP contribution is 2.40. The monoisotopic (exact) mass is 348 g/mol. The molecule has 1 fully saturated rings. The van der Waals surface area contributed by atoms with E-state index in [1.807, 2.05) is 0 Å². The lowest BCUT2D eigenvalue weighted by Gasteiger charge is -2.35. The quantitative estimate of drug-likeness (QED) is 0.489. The molecular weight excluding hydrogens is 312 g/mol. The molecule has 140 valence electrons. The molecule has 0 amide bonds. The smallest absolute Gasteiger partial charge is 0.0249 e. The summed E-state index contributed by atoms with van der Waals surface area (Å²) in [6.45, 7) is 4.56. The second kappa shape index (κ2) is 10.0. The Morgan fingerprint density at radius 2 is 1.62 bits per heavy atom. The largest absolute Gasteiger partial charge is 0.0726 e. The average molecular weight is 349 g/mol. The third-order valence-corrected chi connectivity index (χ3v) is 6.57. The minimum Gasteiger partial charge on any atom is -0.0726 e. The summed E-state index contributed by atoms with van der Waals surface area (Å²) in [5.74, 6) is 9.77. The second-order valence-electron chi connectivity index (χ2n) is 8.53. The summed E-state index contributed by atoms with van der Waals surface area (Å²) in [6.07, 6.45) is 17.4. The van der Waals surface area contributed by atoms with Gasteiger partial charge in [-0.1, -0.05) is 76.0 Å². The highest BCUT2D eigenvalue weighted by Gasteiger charge is 2.28. The van der Waals surface area contributed by atoms with Gasteiger partial charge in [-0.25, -0.2) is 0 Å². The Labute approximate surface area is 161 Å². The van der Waals surface area contributed by atoms with E-state index in [0.29, 0.717) is 0 Å². The van der Waals surface area contributed by atoms with Crippen LogP contribution in [0.1, 0.15) is 89.2 Å². The maximum Gasteiger partial charge on any atom is 0.0249 e. The van der Waals surface area contributed by atoms with Gasteiger partial charge in [-0.15, -0.1) is 0 Å². The van der Waals surface area contributed by atoms with Crippen LogP contribution in [-0.2, 0) is 6.42 Å². The van der Waals surface area contributed by atoms with Gasteiger partial charge in [-0.05, 0) is 79.5 Å². The van der Waals surface area contributed by atoms with E-state index in [1.165, 1.54) is 81.8 Å². The Kier molecular flexibility index (Phi) is 7.43. The van der Waals surface area contributed by atoms with Crippen LogP contribution in [0.25, 0.3) is 0 Å². The van der Waals surface area contributed by atoms with Crippen LogP contribution in [0.2, 0.25) is 0 Å². The lowest BCUT2D eigenvalue weighted by molar-refractivity contribution is 0.187. The van der Waals surface area contributed by atoms with Crippen LogP contribution in [0.5, 0.6) is 0 Å². The van der Waals surface area contributed by atoms with Gasteiger partial charge >= 0.3 is 0 Å². The van der Waals surface area contributed by atoms with Crippen LogP contribution in [0.3, 0.4) is 0 Å². The first-order valence-electron chi connectivity index (χ1n) is 11.1. The Morgan fingerprint density at radius 3 is 2.23 bits per heavy atom. The summed E-state index contributed by atoms with van der Waals surface area (Å²) >= 11 is 0. The molecule has 26 heavy (non-hydrogen) atoms. The predicted octanol–water partition coefficient (Wildman–Crippen LogP) is 7.32. The van der Waals surface area contributed by atoms with Crippen molar-refractivity contribution in [2.75, 3.05) is 0 Å². The number of aryl methyl sites for hydroxylation is 1. The van der Waals surface area contributed by atoms with E-state index in [9.17, 15) is 0 Å². The molecule has 0 spiro atoms. The van der Waals surface area contributed by atoms with Gasteiger partial charge in [0.05, 0.1) is 0 Å². The van der Waals surface area contributed by atoms with E-state index in [1.54, 1.807) is 0 Å². The number of hydrogen-bond donors (Lipinski definition) is 0. The van der Waals surface area contributed by atoms with Gasteiger partial charge < -0.3 is 0 Å². The molecule has 0 aliphatic heterocycles. The SMILES string of the molecule is CCCc1ccc(C#CC2=CCC(C3CCC(CCC)CC3)CC2)cc1. The summed E-state index contributed by atoms with van der Waals surface area (Å²) in [7, 11) is 0. The van der Waals surface area contributed by atoms with Crippen molar-refractivity contribution in [3.8, 4) is 11.8 Å². The van der Waals surface area contributed by atoms with Crippen molar-refractivity contribution in [2.24, 2.45) is 17.8 Å². The fraction of sp³-hybridized carbons (Fsp3) is 0.615. The maximum atomic E-state index is 3.45. The standard InChI is InChI=1S/C26H36/c1-3-5-21-7-9-23(10-8-21)11-12-24-15-19-26(20-16-24)25-17-13-22(6-4-2)14-18-25/h7-10,15,22,25-26H,3-6,13-14,16-20H2,1-2H3. The fourth-order valence-electron chi connectivity index (χ4n) is 4.95. The van der Waals surface area contributed by atoms with E-state index in [0.717, 1.165) is 23.3 Å². The molecule has 0 saturated heterocycles. The zero-order chi connectivity index (χ0) is 18.2. The van der Waals surface area contributed by atoms with Crippen molar-refractivity contribution >= 4 is 0 Å². The molecule has 0 radical (unpaired) electrons. The maximum absolute atomic E-state index is 3.45. The minimum absolute atomic E-state index is 0.927. The van der Waals surface area contributed by atoms with Gasteiger partial charge in [-0.3, -0.25) is 0 Å². The first-order chi connectivity index (χ1) is 12.8. The summed E-state index contributed by atoms with van der Waals surface area (Å²) in [5.41, 5.74) is 3.95. The van der Waals surface area contributed by atoms with Gasteiger partial charge in [0.25, 0.3) is 0 Å². The first-order valence-corrected chi connectivity index (χ1v) is 11.1. The number of hydrogen-bond acceptors (Lipinski definition) is 0. The predicted molar refractivity (Wildman–Crippen MR) is 113 cm³/mol. The molecule has 1 unspecified atom stereocenters. The van der Waals surface area contributed by atoms with Gasteiger partial charge in [0.2, 0.25) is 0 Å². The van der Waals surface area contributed by atoms with Gasteiger partial charge in [0.15, 0.2) is 0 Å². The molecule has 1 aromatic carbocycles. The van der Waals surface area contributed by atoms with E-state index in [4.69, 9.17) is 0 Å². The van der Waals surface area contributed by atoms with Gasteiger partial charge in [-0.2, -0.15) is 0 Å². The average Bonchev–Trinajstić information content (AvgIpc) is 2.69. The van der Waals surface area contributed by atoms with E-state index >= 15 is 0 Å². The second-order valence-corrected chi connectivity index (χ2v) is 8.53. The molecular formula is C26H36. The highest BCUT2D eigenvalue weighted by atomic mass is 14.3. The summed E-state index contributed by atoms with van der Waals surface area (Å²) in [6, 6.07) is 8.82. The van der Waals surface area contributed by atoms with Gasteiger partial charge in [0.1, 0.15) is 0 Å². The molecule has 0 heteroatoms. The minimum atomic E-state index is 0.927. The van der Waals surface area contributed by atoms with Crippen molar-refractivity contribution in [1.82, 2.24) is 0 Å². The molecule has 0 aromatic heterocycles. The molecule has 1 saturated carbocycles. The zero-order valence-electron chi connectivity index (χ0n) is 16.9. The fourth-order valence-corrected chi connectivity index (χ4v) is 4.95. The Hall–Kier alpha value is -1.48. The van der Waals surface area contributed by atoms with Crippen molar-refractivity contribution in [1.29, 1.82) is 0 Å². The third-order valence-electron chi connectivity index (χ3n) is 6.57. The number of benzene rings is 1. The van der Waals surface area contributed by atoms with Crippen LogP contribution in [0, 0.1) is 29.6 Å². The van der Waals surface area contributed by atoms with Crippen molar-refractivity contribution < 1.29 is 0 Å². The van der Waals surface area contributed by atoms with Crippen LogP contribution in [0.15, 0.2) is 35.9 Å². The number of allylic oxidation sites excluding steroid dienone is 2. The molecule has 2 aliphatic carbocycles. The lowest BCUT2D eigenvalue weighted by Crippen LogP contribution is -2.23. The summed E-state index contributed by atoms with van der Waals surface area (Å²) in [4.78, 5) is 0. The van der Waals surface area contributed by atoms with Crippen LogP contribution in [-0.4, -0.2) is 0 Å². The molecule has 1 atom stereocenters. The summed E-state index contributed by atoms with van der Waals surface area (Å²) < 4.78 is 0. The summed E-state index contributed by atoms with van der Waals surface area (Å²) in [5, 5.41) is 0. The zero-order valence-corrected chi connectivity index (χ0v) is 16.9. The normalized spacial score (nSPS) is 25.9.